The van der Waals surface area contributed by atoms with E-state index in [2.05, 4.69) is 116 Å². The number of quaternary nitrogens is 1. The molecular weight excluding hydrogens is 888 g/mol. The van der Waals surface area contributed by atoms with Crippen molar-refractivity contribution in [2.24, 2.45) is 0 Å². The van der Waals surface area contributed by atoms with Crippen molar-refractivity contribution >= 4 is 13.7 Å². The molecule has 2 N–H and O–H groups in total. The molecule has 1 amide bonds. The van der Waals surface area contributed by atoms with Crippen LogP contribution in [0.3, 0.4) is 0 Å². The molecule has 0 bridgehead atoms. The number of rotatable bonds is 50. The summed E-state index contributed by atoms with van der Waals surface area (Å²) in [6.07, 6.45) is 74.5. The molecule has 0 aromatic rings. The van der Waals surface area contributed by atoms with Gasteiger partial charge < -0.3 is 28.8 Å². The maximum atomic E-state index is 12.9. The molecule has 0 radical (unpaired) electrons. The zero-order chi connectivity index (χ0) is 51.3. The molecule has 402 valence electrons. The lowest BCUT2D eigenvalue weighted by molar-refractivity contribution is -0.870. The summed E-state index contributed by atoms with van der Waals surface area (Å²) in [6.45, 7) is 4.48. The third-order valence-corrected chi connectivity index (χ3v) is 12.9. The Balaban J connectivity index is 4.16. The summed E-state index contributed by atoms with van der Waals surface area (Å²) in [5.41, 5.74) is 0. The van der Waals surface area contributed by atoms with Crippen LogP contribution in [-0.4, -0.2) is 68.5 Å². The van der Waals surface area contributed by atoms with Gasteiger partial charge in [0.2, 0.25) is 5.91 Å². The monoisotopic (exact) mass is 995 g/mol. The Labute approximate surface area is 431 Å². The molecular formula is C61H107N2O6P. The van der Waals surface area contributed by atoms with Gasteiger partial charge in [0.15, 0.2) is 0 Å². The summed E-state index contributed by atoms with van der Waals surface area (Å²) in [7, 11) is 1.22. The molecule has 0 saturated carbocycles. The van der Waals surface area contributed by atoms with Crippen molar-refractivity contribution in [2.45, 2.75) is 231 Å². The lowest BCUT2D eigenvalue weighted by atomic mass is 10.0. The molecule has 3 unspecified atom stereocenters. The number of carbonyl (C=O) groups excluding carboxylic acids is 1. The van der Waals surface area contributed by atoms with E-state index in [4.69, 9.17) is 9.05 Å². The first kappa shape index (κ1) is 67.2. The van der Waals surface area contributed by atoms with Gasteiger partial charge in [0, 0.05) is 6.42 Å². The van der Waals surface area contributed by atoms with Gasteiger partial charge in [-0.1, -0.05) is 226 Å². The van der Waals surface area contributed by atoms with Gasteiger partial charge in [-0.25, -0.2) is 0 Å². The second-order valence-corrected chi connectivity index (χ2v) is 21.3. The first-order valence-electron chi connectivity index (χ1n) is 28.2. The summed E-state index contributed by atoms with van der Waals surface area (Å²) in [6, 6.07) is -0.916. The van der Waals surface area contributed by atoms with Gasteiger partial charge in [0.25, 0.3) is 7.82 Å². The fraction of sp³-hybridized carbons (Fsp3) is 0.689. The van der Waals surface area contributed by atoms with Crippen LogP contribution in [0.5, 0.6) is 0 Å². The topological polar surface area (TPSA) is 108 Å². The highest BCUT2D eigenvalue weighted by atomic mass is 31.2. The molecule has 9 heteroatoms. The van der Waals surface area contributed by atoms with Gasteiger partial charge in [0.1, 0.15) is 13.2 Å². The molecule has 0 fully saturated rings. The number of likely N-dealkylation sites (N-methyl/N-ethyl adjacent to an activating group) is 1. The molecule has 0 spiro atoms. The summed E-state index contributed by atoms with van der Waals surface area (Å²) in [5.74, 6) is -0.217. The van der Waals surface area contributed by atoms with E-state index in [0.29, 0.717) is 17.4 Å². The summed E-state index contributed by atoms with van der Waals surface area (Å²) in [4.78, 5) is 25.4. The zero-order valence-corrected chi connectivity index (χ0v) is 46.6. The zero-order valence-electron chi connectivity index (χ0n) is 45.7. The quantitative estimate of drug-likeness (QED) is 0.0272. The second-order valence-electron chi connectivity index (χ2n) is 19.9. The Morgan fingerprint density at radius 2 is 0.886 bits per heavy atom. The average molecular weight is 996 g/mol. The van der Waals surface area contributed by atoms with Gasteiger partial charge >= 0.3 is 0 Å². The van der Waals surface area contributed by atoms with E-state index in [1.807, 2.05) is 27.2 Å². The number of aliphatic hydroxyl groups is 1. The molecule has 8 nitrogen and oxygen atoms in total. The number of hydrogen-bond acceptors (Lipinski definition) is 6. The minimum Gasteiger partial charge on any atom is -0.756 e. The fourth-order valence-electron chi connectivity index (χ4n) is 7.54. The van der Waals surface area contributed by atoms with Crippen LogP contribution in [0.1, 0.15) is 219 Å². The summed E-state index contributed by atoms with van der Waals surface area (Å²) < 4.78 is 23.3. The largest absolute Gasteiger partial charge is 0.756 e. The maximum absolute atomic E-state index is 12.9. The van der Waals surface area contributed by atoms with Crippen molar-refractivity contribution in [3.8, 4) is 0 Å². The Bertz CT molecular complexity index is 1500. The van der Waals surface area contributed by atoms with Crippen molar-refractivity contribution < 1.29 is 32.9 Å². The second kappa shape index (κ2) is 51.1. The molecule has 0 rings (SSSR count). The van der Waals surface area contributed by atoms with E-state index in [-0.39, 0.29) is 12.5 Å². The SMILES string of the molecule is CC/C=C\C/C=C\C/C=C\C/C=C\C/C=C\C/C=C\CCCCCCCCCCCCCCCCC(=O)NC(COP(=O)([O-])OCC[N+](C)(C)C)C(O)/C=C/CC/C=C/CC/C=C/CCCCCCC. The number of unbranched alkanes of at least 4 members (excludes halogenated alkanes) is 21. The highest BCUT2D eigenvalue weighted by Crippen LogP contribution is 2.38. The molecule has 3 atom stereocenters. The molecule has 0 heterocycles. The van der Waals surface area contributed by atoms with Crippen molar-refractivity contribution in [3.05, 3.63) is 109 Å². The lowest BCUT2D eigenvalue weighted by Gasteiger charge is -2.29. The number of carbonyl (C=O) groups is 1. The molecule has 0 aliphatic heterocycles. The first-order valence-corrected chi connectivity index (χ1v) is 29.7. The van der Waals surface area contributed by atoms with E-state index in [9.17, 15) is 19.4 Å². The van der Waals surface area contributed by atoms with Crippen molar-refractivity contribution in [1.29, 1.82) is 0 Å². The minimum atomic E-state index is -4.61. The van der Waals surface area contributed by atoms with Crippen LogP contribution >= 0.6 is 7.82 Å². The van der Waals surface area contributed by atoms with Crippen molar-refractivity contribution in [1.82, 2.24) is 5.32 Å². The number of hydrogen-bond donors (Lipinski definition) is 2. The third kappa shape index (κ3) is 53.0. The molecule has 70 heavy (non-hydrogen) atoms. The molecule has 0 aromatic heterocycles. The van der Waals surface area contributed by atoms with E-state index >= 15 is 0 Å². The number of allylic oxidation sites excluding steroid dienone is 17. The molecule has 0 aliphatic carbocycles. The fourth-order valence-corrected chi connectivity index (χ4v) is 8.26. The van der Waals surface area contributed by atoms with Crippen molar-refractivity contribution in [3.63, 3.8) is 0 Å². The normalized spacial score (nSPS) is 14.8. The van der Waals surface area contributed by atoms with Crippen LogP contribution in [0, 0.1) is 0 Å². The van der Waals surface area contributed by atoms with Crippen LogP contribution in [0.2, 0.25) is 0 Å². The Kier molecular flexibility index (Phi) is 49.0. The standard InChI is InChI=1S/C61H107N2O6P/c1-6-8-10-12-14-16-18-20-22-23-24-25-26-27-28-29-30-31-32-33-34-35-36-37-38-39-41-43-45-47-49-51-53-55-61(65)62-59(58-69-70(66,67)68-57-56-63(3,4)5)60(64)54-52-50-48-46-44-42-40-21-19-17-15-13-11-9-7-2/h8,10,14,16,19-22,24-25,27-28,30-31,44,46,52,54,59-60,64H,6-7,9,11-13,15,17-18,23,26,29,32-43,45,47-51,53,55-58H2,1-5H3,(H-,62,65,66,67)/b10-8-,16-14-,21-19+,22-20-,25-24-,28-27-,31-30-,46-44+,54-52+. The number of amides is 1. The van der Waals surface area contributed by atoms with Gasteiger partial charge in [-0.05, 0) is 96.3 Å². The predicted molar refractivity (Wildman–Crippen MR) is 302 cm³/mol. The van der Waals surface area contributed by atoms with Gasteiger partial charge in [0.05, 0.1) is 39.9 Å². The number of nitrogens with zero attached hydrogens (tertiary/aromatic N) is 1. The van der Waals surface area contributed by atoms with Crippen LogP contribution in [-0.2, 0) is 18.4 Å². The predicted octanol–water partition coefficient (Wildman–Crippen LogP) is 16.6. The number of phosphoric ester groups is 1. The van der Waals surface area contributed by atoms with E-state index in [1.165, 1.54) is 116 Å². The Morgan fingerprint density at radius 1 is 0.514 bits per heavy atom. The summed E-state index contributed by atoms with van der Waals surface area (Å²) in [5, 5.41) is 13.8. The summed E-state index contributed by atoms with van der Waals surface area (Å²) >= 11 is 0. The third-order valence-electron chi connectivity index (χ3n) is 11.9. The number of phosphoric acid groups is 1. The Morgan fingerprint density at radius 3 is 1.33 bits per heavy atom. The maximum Gasteiger partial charge on any atom is 0.268 e. The molecule has 0 aromatic carbocycles. The number of aliphatic hydroxyl groups excluding tert-OH is 1. The van der Waals surface area contributed by atoms with E-state index < -0.39 is 26.6 Å². The number of nitrogens with one attached hydrogen (secondary N) is 1. The average Bonchev–Trinajstić information content (AvgIpc) is 3.32. The Hall–Kier alpha value is -2.84. The van der Waals surface area contributed by atoms with Gasteiger partial charge in [-0.3, -0.25) is 9.36 Å². The van der Waals surface area contributed by atoms with Gasteiger partial charge in [-0.2, -0.15) is 0 Å². The van der Waals surface area contributed by atoms with Crippen LogP contribution in [0.25, 0.3) is 0 Å². The molecule has 0 aliphatic rings. The van der Waals surface area contributed by atoms with Gasteiger partial charge in [-0.15, -0.1) is 0 Å². The van der Waals surface area contributed by atoms with Crippen LogP contribution in [0.15, 0.2) is 109 Å². The van der Waals surface area contributed by atoms with Crippen molar-refractivity contribution in [2.75, 3.05) is 40.9 Å². The lowest BCUT2D eigenvalue weighted by Crippen LogP contribution is -2.45. The van der Waals surface area contributed by atoms with E-state index in [1.54, 1.807) is 6.08 Å². The highest BCUT2D eigenvalue weighted by Gasteiger charge is 2.23. The smallest absolute Gasteiger partial charge is 0.268 e. The van der Waals surface area contributed by atoms with E-state index in [0.717, 1.165) is 83.5 Å². The first-order chi connectivity index (χ1) is 34.0. The van der Waals surface area contributed by atoms with Crippen LogP contribution in [0.4, 0.5) is 0 Å². The highest BCUT2D eigenvalue weighted by molar-refractivity contribution is 7.45. The molecule has 0 saturated heterocycles. The minimum absolute atomic E-state index is 0.0135. The van der Waals surface area contributed by atoms with Crippen LogP contribution < -0.4 is 10.2 Å².